The fourth-order valence-corrected chi connectivity index (χ4v) is 3.13. The maximum atomic E-state index is 14.4. The quantitative estimate of drug-likeness (QED) is 0.690. The van der Waals surface area contributed by atoms with Gasteiger partial charge in [-0.3, -0.25) is 0 Å². The monoisotopic (exact) mass is 300 g/mol. The molecule has 1 aliphatic rings. The predicted octanol–water partition coefficient (Wildman–Crippen LogP) is 3.59. The molecule has 0 spiro atoms. The van der Waals surface area contributed by atoms with Crippen molar-refractivity contribution >= 4 is 11.0 Å². The number of hydrogen-bond donors (Lipinski definition) is 0. The molecule has 1 aromatic carbocycles. The Kier molecular flexibility index (Phi) is 2.76. The highest BCUT2D eigenvalue weighted by molar-refractivity contribution is 5.83. The lowest BCUT2D eigenvalue weighted by atomic mass is 10.1. The normalized spacial score (nSPS) is 17.2. The molecule has 0 amide bonds. The van der Waals surface area contributed by atoms with Gasteiger partial charge in [0.2, 0.25) is 0 Å². The Morgan fingerprint density at radius 2 is 2.00 bits per heavy atom. The summed E-state index contributed by atoms with van der Waals surface area (Å²) >= 11 is 0. The van der Waals surface area contributed by atoms with Crippen LogP contribution in [-0.4, -0.2) is 19.5 Å². The Hall–Kier alpha value is -2.37. The number of aromatic nitrogens is 4. The Morgan fingerprint density at radius 1 is 1.18 bits per heavy atom. The Morgan fingerprint density at radius 3 is 2.82 bits per heavy atom. The summed E-state index contributed by atoms with van der Waals surface area (Å²) in [5, 5.41) is 0. The molecule has 1 atom stereocenters. The standard InChI is InChI=1S/C16H14F2N4/c1-8-3-4-14-21-16-11(17)5-10(6-13(16)22(8)14)15-12(18)7-19-9(2)20-15/h5-8H,3-4H2,1-2H3/t8-/m1/s1. The summed E-state index contributed by atoms with van der Waals surface area (Å²) in [7, 11) is 0. The first-order chi connectivity index (χ1) is 10.5. The molecule has 22 heavy (non-hydrogen) atoms. The highest BCUT2D eigenvalue weighted by Gasteiger charge is 2.24. The van der Waals surface area contributed by atoms with E-state index in [9.17, 15) is 8.78 Å². The highest BCUT2D eigenvalue weighted by Crippen LogP contribution is 2.34. The minimum absolute atomic E-state index is 0.120. The second-order valence-corrected chi connectivity index (χ2v) is 5.73. The first-order valence-corrected chi connectivity index (χ1v) is 7.24. The van der Waals surface area contributed by atoms with E-state index in [-0.39, 0.29) is 11.7 Å². The molecule has 4 nitrogen and oxygen atoms in total. The van der Waals surface area contributed by atoms with Crippen LogP contribution in [0.25, 0.3) is 22.3 Å². The van der Waals surface area contributed by atoms with Crippen LogP contribution in [0.4, 0.5) is 8.78 Å². The van der Waals surface area contributed by atoms with Crippen molar-refractivity contribution < 1.29 is 8.78 Å². The summed E-state index contributed by atoms with van der Waals surface area (Å²) in [4.78, 5) is 12.3. The van der Waals surface area contributed by atoms with Gasteiger partial charge in [-0.2, -0.15) is 0 Å². The first-order valence-electron chi connectivity index (χ1n) is 7.24. The van der Waals surface area contributed by atoms with Gasteiger partial charge in [0.1, 0.15) is 22.9 Å². The van der Waals surface area contributed by atoms with E-state index in [0.717, 1.165) is 24.9 Å². The van der Waals surface area contributed by atoms with Crippen molar-refractivity contribution in [3.8, 4) is 11.3 Å². The first kappa shape index (κ1) is 13.3. The molecule has 3 aromatic rings. The van der Waals surface area contributed by atoms with E-state index in [1.165, 1.54) is 6.07 Å². The van der Waals surface area contributed by atoms with Crippen LogP contribution in [0.15, 0.2) is 18.3 Å². The van der Waals surface area contributed by atoms with Crippen LogP contribution in [0.1, 0.15) is 31.0 Å². The zero-order chi connectivity index (χ0) is 15.4. The van der Waals surface area contributed by atoms with Crippen molar-refractivity contribution in [3.63, 3.8) is 0 Å². The van der Waals surface area contributed by atoms with Gasteiger partial charge in [0, 0.05) is 18.0 Å². The van der Waals surface area contributed by atoms with E-state index in [4.69, 9.17) is 0 Å². The van der Waals surface area contributed by atoms with E-state index >= 15 is 0 Å². The number of rotatable bonds is 1. The maximum absolute atomic E-state index is 14.4. The van der Waals surface area contributed by atoms with Crippen molar-refractivity contribution in [3.05, 3.63) is 41.6 Å². The molecule has 0 unspecified atom stereocenters. The van der Waals surface area contributed by atoms with Gasteiger partial charge < -0.3 is 4.57 Å². The zero-order valence-corrected chi connectivity index (χ0v) is 12.3. The summed E-state index contributed by atoms with van der Waals surface area (Å²) in [6.45, 7) is 3.76. The number of benzene rings is 1. The largest absolute Gasteiger partial charge is 0.325 e. The molecule has 0 N–H and O–H groups in total. The third kappa shape index (κ3) is 1.83. The van der Waals surface area contributed by atoms with Gasteiger partial charge in [-0.15, -0.1) is 0 Å². The molecule has 0 saturated heterocycles. The summed E-state index contributed by atoms with van der Waals surface area (Å²) in [5.41, 5.74) is 1.58. The van der Waals surface area contributed by atoms with Crippen molar-refractivity contribution in [1.82, 2.24) is 19.5 Å². The maximum Gasteiger partial charge on any atom is 0.167 e. The predicted molar refractivity (Wildman–Crippen MR) is 78.4 cm³/mol. The topological polar surface area (TPSA) is 43.6 Å². The number of nitrogens with zero attached hydrogens (tertiary/aromatic N) is 4. The van der Waals surface area contributed by atoms with Crippen molar-refractivity contribution in [2.75, 3.05) is 0 Å². The van der Waals surface area contributed by atoms with E-state index in [2.05, 4.69) is 21.9 Å². The lowest BCUT2D eigenvalue weighted by Gasteiger charge is -2.09. The fraction of sp³-hybridized carbons (Fsp3) is 0.312. The number of halogens is 2. The summed E-state index contributed by atoms with van der Waals surface area (Å²) < 4.78 is 30.4. The minimum Gasteiger partial charge on any atom is -0.325 e. The van der Waals surface area contributed by atoms with E-state index < -0.39 is 11.6 Å². The van der Waals surface area contributed by atoms with Gasteiger partial charge in [0.15, 0.2) is 11.6 Å². The van der Waals surface area contributed by atoms with Crippen LogP contribution < -0.4 is 0 Å². The lowest BCUT2D eigenvalue weighted by Crippen LogP contribution is -2.00. The molecule has 3 heterocycles. The van der Waals surface area contributed by atoms with E-state index in [1.54, 1.807) is 13.0 Å². The van der Waals surface area contributed by atoms with E-state index in [1.807, 2.05) is 4.57 Å². The Balaban J connectivity index is 2.00. The number of hydrogen-bond acceptors (Lipinski definition) is 3. The van der Waals surface area contributed by atoms with Crippen LogP contribution in [0.2, 0.25) is 0 Å². The number of aryl methyl sites for hydroxylation is 2. The van der Waals surface area contributed by atoms with Crippen LogP contribution in [0, 0.1) is 18.6 Å². The molecule has 1 aliphatic heterocycles. The van der Waals surface area contributed by atoms with E-state index in [0.29, 0.717) is 22.4 Å². The average Bonchev–Trinajstić information content (AvgIpc) is 3.02. The smallest absolute Gasteiger partial charge is 0.167 e. The second kappa shape index (κ2) is 4.56. The Bertz CT molecular complexity index is 901. The molecule has 4 rings (SSSR count). The van der Waals surface area contributed by atoms with Gasteiger partial charge in [-0.05, 0) is 32.4 Å². The molecule has 0 fully saturated rings. The molecule has 112 valence electrons. The number of imidazole rings is 1. The summed E-state index contributed by atoms with van der Waals surface area (Å²) in [6.07, 6.45) is 2.94. The second-order valence-electron chi connectivity index (χ2n) is 5.73. The third-order valence-corrected chi connectivity index (χ3v) is 4.19. The number of fused-ring (bicyclic) bond motifs is 3. The molecule has 0 aliphatic carbocycles. The fourth-order valence-electron chi connectivity index (χ4n) is 3.13. The van der Waals surface area contributed by atoms with Crippen LogP contribution >= 0.6 is 0 Å². The molecule has 0 radical (unpaired) electrons. The van der Waals surface area contributed by atoms with Gasteiger partial charge in [-0.25, -0.2) is 23.7 Å². The SMILES string of the molecule is Cc1ncc(F)c(-c2cc(F)c3nc4n(c3c2)[C@H](C)CC4)n1. The van der Waals surface area contributed by atoms with Gasteiger partial charge in [0.05, 0.1) is 11.7 Å². The third-order valence-electron chi connectivity index (χ3n) is 4.19. The summed E-state index contributed by atoms with van der Waals surface area (Å²) in [5.74, 6) is 0.331. The summed E-state index contributed by atoms with van der Waals surface area (Å²) in [6, 6.07) is 3.33. The average molecular weight is 300 g/mol. The van der Waals surface area contributed by atoms with Crippen molar-refractivity contribution in [1.29, 1.82) is 0 Å². The highest BCUT2D eigenvalue weighted by atomic mass is 19.1. The van der Waals surface area contributed by atoms with Crippen LogP contribution in [0.5, 0.6) is 0 Å². The lowest BCUT2D eigenvalue weighted by molar-refractivity contribution is 0.594. The van der Waals surface area contributed by atoms with Crippen molar-refractivity contribution in [2.24, 2.45) is 0 Å². The zero-order valence-electron chi connectivity index (χ0n) is 12.3. The van der Waals surface area contributed by atoms with Gasteiger partial charge >= 0.3 is 0 Å². The molecule has 0 bridgehead atoms. The molecular formula is C16H14F2N4. The van der Waals surface area contributed by atoms with Gasteiger partial charge in [-0.1, -0.05) is 0 Å². The van der Waals surface area contributed by atoms with Crippen LogP contribution in [-0.2, 0) is 6.42 Å². The molecule has 6 heteroatoms. The molecular weight excluding hydrogens is 286 g/mol. The Labute approximate surface area is 125 Å². The molecule has 0 saturated carbocycles. The molecule has 2 aromatic heterocycles. The van der Waals surface area contributed by atoms with Gasteiger partial charge in [0.25, 0.3) is 0 Å². The van der Waals surface area contributed by atoms with Crippen LogP contribution in [0.3, 0.4) is 0 Å². The van der Waals surface area contributed by atoms with Crippen molar-refractivity contribution in [2.45, 2.75) is 32.7 Å². The minimum atomic E-state index is -0.557.